The lowest BCUT2D eigenvalue weighted by molar-refractivity contribution is -0.209. The van der Waals surface area contributed by atoms with Crippen molar-refractivity contribution in [2.75, 3.05) is 27.4 Å². The number of aliphatic hydroxyl groups excluding tert-OH is 1. The smallest absolute Gasteiger partial charge is 0.171 e. The van der Waals surface area contributed by atoms with Crippen molar-refractivity contribution in [1.29, 1.82) is 0 Å². The largest absolute Gasteiger partial charge is 0.493 e. The van der Waals surface area contributed by atoms with Crippen molar-refractivity contribution in [3.05, 3.63) is 36.4 Å². The van der Waals surface area contributed by atoms with Gasteiger partial charge in [-0.2, -0.15) is 0 Å². The molecule has 0 aromatic heterocycles. The minimum absolute atomic E-state index is 0.415. The van der Waals surface area contributed by atoms with Crippen molar-refractivity contribution in [3.8, 4) is 11.5 Å². The van der Waals surface area contributed by atoms with Gasteiger partial charge in [0.15, 0.2) is 17.3 Å². The molecular weight excluding hydrogens is 308 g/mol. The maximum atomic E-state index is 11.0. The third kappa shape index (κ3) is 2.81. The maximum Gasteiger partial charge on any atom is 0.171 e. The summed E-state index contributed by atoms with van der Waals surface area (Å²) >= 11 is 0. The van der Waals surface area contributed by atoms with Gasteiger partial charge in [-0.3, -0.25) is 0 Å². The van der Waals surface area contributed by atoms with Crippen LogP contribution in [0.2, 0.25) is 0 Å². The molecule has 0 bridgehead atoms. The average molecular weight is 334 g/mol. The molecule has 1 aliphatic heterocycles. The Hall–Kier alpha value is -1.56. The summed E-state index contributed by atoms with van der Waals surface area (Å²) in [7, 11) is 3.24. The SMILES string of the molecule is C=CC[C@]1(c2ccc(OC)c(OC)c2)CCC2(C[C@H]1O)OCCO2. The third-order valence-electron chi connectivity index (χ3n) is 5.37. The molecule has 0 amide bonds. The molecule has 1 aliphatic carbocycles. The molecule has 5 heteroatoms. The summed E-state index contributed by atoms with van der Waals surface area (Å²) in [6.45, 7) is 5.09. The van der Waals surface area contributed by atoms with E-state index in [4.69, 9.17) is 18.9 Å². The number of rotatable bonds is 5. The van der Waals surface area contributed by atoms with Gasteiger partial charge in [0.25, 0.3) is 0 Å². The first kappa shape index (κ1) is 17.3. The van der Waals surface area contributed by atoms with Crippen LogP contribution in [0.15, 0.2) is 30.9 Å². The van der Waals surface area contributed by atoms with Crippen molar-refractivity contribution in [2.24, 2.45) is 0 Å². The van der Waals surface area contributed by atoms with Crippen molar-refractivity contribution in [3.63, 3.8) is 0 Å². The molecule has 132 valence electrons. The lowest BCUT2D eigenvalue weighted by atomic mass is 9.64. The van der Waals surface area contributed by atoms with Gasteiger partial charge in [-0.1, -0.05) is 12.1 Å². The van der Waals surface area contributed by atoms with E-state index < -0.39 is 17.3 Å². The molecule has 2 aliphatic rings. The van der Waals surface area contributed by atoms with Crippen LogP contribution in [0.4, 0.5) is 0 Å². The van der Waals surface area contributed by atoms with E-state index in [1.807, 2.05) is 24.3 Å². The Bertz CT molecular complexity index is 593. The second kappa shape index (κ2) is 6.75. The van der Waals surface area contributed by atoms with Crippen LogP contribution in [-0.2, 0) is 14.9 Å². The van der Waals surface area contributed by atoms with Crippen molar-refractivity contribution in [2.45, 2.75) is 43.0 Å². The number of aliphatic hydroxyl groups is 1. The molecule has 1 spiro atoms. The molecular formula is C19H26O5. The first-order chi connectivity index (χ1) is 11.6. The Morgan fingerprint density at radius 2 is 1.92 bits per heavy atom. The molecule has 1 saturated carbocycles. The van der Waals surface area contributed by atoms with Gasteiger partial charge in [0.05, 0.1) is 33.5 Å². The zero-order valence-electron chi connectivity index (χ0n) is 14.4. The number of ether oxygens (including phenoxy) is 4. The zero-order chi connectivity index (χ0) is 17.2. The number of allylic oxidation sites excluding steroid dienone is 1. The number of benzene rings is 1. The van der Waals surface area contributed by atoms with E-state index >= 15 is 0 Å². The minimum atomic E-state index is -0.624. The average Bonchev–Trinajstić information content (AvgIpc) is 3.05. The van der Waals surface area contributed by atoms with E-state index in [9.17, 15) is 5.11 Å². The van der Waals surface area contributed by atoms with Gasteiger partial charge < -0.3 is 24.1 Å². The van der Waals surface area contributed by atoms with E-state index in [2.05, 4.69) is 6.58 Å². The predicted molar refractivity (Wildman–Crippen MR) is 90.5 cm³/mol. The van der Waals surface area contributed by atoms with Crippen LogP contribution >= 0.6 is 0 Å². The first-order valence-electron chi connectivity index (χ1n) is 8.38. The fourth-order valence-corrected chi connectivity index (χ4v) is 4.03. The first-order valence-corrected chi connectivity index (χ1v) is 8.38. The highest BCUT2D eigenvalue weighted by Crippen LogP contribution is 2.49. The maximum absolute atomic E-state index is 11.0. The Morgan fingerprint density at radius 1 is 1.21 bits per heavy atom. The second-order valence-electron chi connectivity index (χ2n) is 6.55. The second-order valence-corrected chi connectivity index (χ2v) is 6.55. The zero-order valence-corrected chi connectivity index (χ0v) is 14.4. The summed E-state index contributed by atoms with van der Waals surface area (Å²) in [6.07, 6.45) is 3.95. The standard InChI is InChI=1S/C19H26O5/c1-4-7-18(14-5-6-15(21-2)16(12-14)22-3)8-9-19(13-17(18)20)23-10-11-24-19/h4-6,12,17,20H,1,7-11,13H2,2-3H3/t17-,18-/m1/s1. The highest BCUT2D eigenvalue weighted by Gasteiger charge is 2.52. The Labute approximate surface area is 143 Å². The Kier molecular flexibility index (Phi) is 4.85. The van der Waals surface area contributed by atoms with E-state index in [1.165, 1.54) is 0 Å². The number of hydrogen-bond donors (Lipinski definition) is 1. The summed E-state index contributed by atoms with van der Waals surface area (Å²) in [4.78, 5) is 0. The third-order valence-corrected chi connectivity index (χ3v) is 5.37. The van der Waals surface area contributed by atoms with Crippen LogP contribution in [0.1, 0.15) is 31.2 Å². The fraction of sp³-hybridized carbons (Fsp3) is 0.579. The lowest BCUT2D eigenvalue weighted by Crippen LogP contribution is -2.51. The monoisotopic (exact) mass is 334 g/mol. The van der Waals surface area contributed by atoms with E-state index in [0.717, 1.165) is 18.4 Å². The summed E-state index contributed by atoms with van der Waals surface area (Å²) in [6, 6.07) is 5.85. The van der Waals surface area contributed by atoms with Gasteiger partial charge in [-0.15, -0.1) is 6.58 Å². The minimum Gasteiger partial charge on any atom is -0.493 e. The van der Waals surface area contributed by atoms with Gasteiger partial charge in [0.1, 0.15) is 0 Å². The summed E-state index contributed by atoms with van der Waals surface area (Å²) in [5.74, 6) is 0.721. The molecule has 0 radical (unpaired) electrons. The van der Waals surface area contributed by atoms with Crippen molar-refractivity contribution in [1.82, 2.24) is 0 Å². The summed E-state index contributed by atoms with van der Waals surface area (Å²) in [5, 5.41) is 11.0. The predicted octanol–water partition coefficient (Wildman–Crippen LogP) is 2.81. The molecule has 1 N–H and O–H groups in total. The highest BCUT2D eigenvalue weighted by atomic mass is 16.7. The quantitative estimate of drug-likeness (QED) is 0.839. The van der Waals surface area contributed by atoms with Gasteiger partial charge >= 0.3 is 0 Å². The number of methoxy groups -OCH3 is 2. The van der Waals surface area contributed by atoms with Crippen LogP contribution in [0.5, 0.6) is 11.5 Å². The molecule has 0 unspecified atom stereocenters. The van der Waals surface area contributed by atoms with Gasteiger partial charge in [0, 0.05) is 18.3 Å². The van der Waals surface area contributed by atoms with Gasteiger partial charge in [-0.05, 0) is 30.5 Å². The van der Waals surface area contributed by atoms with Gasteiger partial charge in [0.2, 0.25) is 0 Å². The van der Waals surface area contributed by atoms with Crippen LogP contribution < -0.4 is 9.47 Å². The van der Waals surface area contributed by atoms with Crippen LogP contribution in [0.25, 0.3) is 0 Å². The topological polar surface area (TPSA) is 57.2 Å². The lowest BCUT2D eigenvalue weighted by Gasteiger charge is -2.47. The molecule has 5 nitrogen and oxygen atoms in total. The van der Waals surface area contributed by atoms with Crippen LogP contribution in [-0.4, -0.2) is 44.4 Å². The molecule has 2 atom stereocenters. The fourth-order valence-electron chi connectivity index (χ4n) is 4.03. The van der Waals surface area contributed by atoms with E-state index in [1.54, 1.807) is 14.2 Å². The normalized spacial score (nSPS) is 28.7. The molecule has 1 aromatic carbocycles. The van der Waals surface area contributed by atoms with Crippen molar-refractivity contribution < 1.29 is 24.1 Å². The Morgan fingerprint density at radius 3 is 2.50 bits per heavy atom. The molecule has 24 heavy (non-hydrogen) atoms. The molecule has 1 saturated heterocycles. The van der Waals surface area contributed by atoms with Crippen LogP contribution in [0, 0.1) is 0 Å². The molecule has 1 heterocycles. The molecule has 2 fully saturated rings. The molecule has 3 rings (SSSR count). The van der Waals surface area contributed by atoms with Crippen molar-refractivity contribution >= 4 is 0 Å². The van der Waals surface area contributed by atoms with E-state index in [-0.39, 0.29) is 0 Å². The highest BCUT2D eigenvalue weighted by molar-refractivity contribution is 5.46. The number of hydrogen-bond acceptors (Lipinski definition) is 5. The van der Waals surface area contributed by atoms with Crippen LogP contribution in [0.3, 0.4) is 0 Å². The molecule has 1 aromatic rings. The summed E-state index contributed by atoms with van der Waals surface area (Å²) in [5.41, 5.74) is 0.613. The van der Waals surface area contributed by atoms with E-state index in [0.29, 0.717) is 37.6 Å². The van der Waals surface area contributed by atoms with Gasteiger partial charge in [-0.25, -0.2) is 0 Å². The Balaban J connectivity index is 1.95. The summed E-state index contributed by atoms with van der Waals surface area (Å²) < 4.78 is 22.3.